The number of thioether (sulfide) groups is 1. The average molecular weight is 315 g/mol. The lowest BCUT2D eigenvalue weighted by atomic mass is 10.0. The predicted molar refractivity (Wildman–Crippen MR) is 38.8 cm³/mol. The normalized spacial score (nSPS) is 16.0. The van der Waals surface area contributed by atoms with Crippen LogP contribution in [-0.2, 0) is 0 Å². The molecule has 0 spiro atoms. The molecule has 0 aliphatic carbocycles. The van der Waals surface area contributed by atoms with Gasteiger partial charge in [-0.05, 0) is 0 Å². The molecule has 18 heavy (non-hydrogen) atoms. The number of halogens is 11. The van der Waals surface area contributed by atoms with E-state index in [-0.39, 0.29) is 0 Å². The Morgan fingerprint density at radius 1 is 0.556 bits per heavy atom. The third-order valence-corrected chi connectivity index (χ3v) is 2.31. The summed E-state index contributed by atoms with van der Waals surface area (Å²) in [6.45, 7) is 0. The molecule has 0 saturated carbocycles. The molecule has 109 valence electrons. The van der Waals surface area contributed by atoms with Gasteiger partial charge in [-0.2, -0.15) is 48.3 Å². The van der Waals surface area contributed by atoms with Crippen molar-refractivity contribution in [2.45, 2.75) is 29.2 Å². The van der Waals surface area contributed by atoms with E-state index < -0.39 is 41.0 Å². The molecule has 0 rings (SSSR count). The molecule has 0 aliphatic rings. The van der Waals surface area contributed by atoms with Gasteiger partial charge in [-0.3, -0.25) is 0 Å². The van der Waals surface area contributed by atoms with Gasteiger partial charge in [0.1, 0.15) is 0 Å². The van der Waals surface area contributed by atoms with Crippen molar-refractivity contribution < 1.29 is 48.3 Å². The molecule has 0 amide bonds. The fourth-order valence-electron chi connectivity index (χ4n) is 0.649. The molecule has 0 nitrogen and oxygen atoms in total. The quantitative estimate of drug-likeness (QED) is 0.685. The third-order valence-electron chi connectivity index (χ3n) is 1.69. The summed E-state index contributed by atoms with van der Waals surface area (Å²) in [5.74, 6) is -21.6. The van der Waals surface area contributed by atoms with Gasteiger partial charge in [0.15, 0.2) is 0 Å². The van der Waals surface area contributed by atoms with Crippen LogP contribution in [0.5, 0.6) is 0 Å². The van der Waals surface area contributed by atoms with Crippen molar-refractivity contribution in [3.05, 3.63) is 6.26 Å². The van der Waals surface area contributed by atoms with E-state index in [1.54, 1.807) is 0 Å². The van der Waals surface area contributed by atoms with E-state index in [1.807, 2.05) is 6.26 Å². The van der Waals surface area contributed by atoms with Gasteiger partial charge in [-0.1, -0.05) is 11.8 Å². The lowest BCUT2D eigenvalue weighted by Gasteiger charge is -2.36. The molecule has 0 atom stereocenters. The highest BCUT2D eigenvalue weighted by atomic mass is 32.2. The van der Waals surface area contributed by atoms with Crippen molar-refractivity contribution in [1.82, 2.24) is 0 Å². The smallest absolute Gasteiger partial charge is 0.192 e. The summed E-state index contributed by atoms with van der Waals surface area (Å²) in [5, 5.41) is -5.91. The van der Waals surface area contributed by atoms with Gasteiger partial charge in [0.2, 0.25) is 0 Å². The van der Waals surface area contributed by atoms with Crippen molar-refractivity contribution in [3.8, 4) is 0 Å². The molecule has 0 aromatic rings. The Balaban J connectivity index is 5.80. The second-order valence-corrected chi connectivity index (χ2v) is 3.68. The molecule has 0 bridgehead atoms. The number of hydrogen-bond donors (Lipinski definition) is 0. The second kappa shape index (κ2) is 4.30. The summed E-state index contributed by atoms with van der Waals surface area (Å²) in [7, 11) is 0. The van der Waals surface area contributed by atoms with Crippen molar-refractivity contribution in [3.63, 3.8) is 0 Å². The summed E-state index contributed by atoms with van der Waals surface area (Å²) in [4.78, 5) is 0. The van der Waals surface area contributed by atoms with Crippen LogP contribution < -0.4 is 0 Å². The zero-order valence-corrected chi connectivity index (χ0v) is 8.59. The SMILES string of the molecule is [CH2]SC(F)(F)C(F)(F)C(F)(F)C(F)(F)C(F)(F)F. The van der Waals surface area contributed by atoms with Crippen LogP contribution in [0.2, 0.25) is 0 Å². The number of alkyl halides is 11. The van der Waals surface area contributed by atoms with Crippen LogP contribution >= 0.6 is 11.8 Å². The maximum atomic E-state index is 12.5. The van der Waals surface area contributed by atoms with Crippen LogP contribution in [0.4, 0.5) is 48.3 Å². The summed E-state index contributed by atoms with van der Waals surface area (Å²) >= 11 is -1.53. The minimum Gasteiger partial charge on any atom is -0.192 e. The zero-order chi connectivity index (χ0) is 15.2. The Hall–Kier alpha value is -0.420. The minimum absolute atomic E-state index is 1.53. The van der Waals surface area contributed by atoms with Crippen LogP contribution in [0.1, 0.15) is 0 Å². The van der Waals surface area contributed by atoms with E-state index in [4.69, 9.17) is 0 Å². The third kappa shape index (κ3) is 2.23. The van der Waals surface area contributed by atoms with E-state index in [0.29, 0.717) is 0 Å². The Morgan fingerprint density at radius 2 is 0.889 bits per heavy atom. The van der Waals surface area contributed by atoms with Crippen molar-refractivity contribution in [2.75, 3.05) is 0 Å². The lowest BCUT2D eigenvalue weighted by molar-refractivity contribution is -0.412. The van der Waals surface area contributed by atoms with Gasteiger partial charge in [-0.15, -0.1) is 0 Å². The number of rotatable bonds is 4. The topological polar surface area (TPSA) is 0 Å². The first-order valence-electron chi connectivity index (χ1n) is 3.57. The standard InChI is InChI=1S/C6H2F11S/c1-18-6(16,17)4(11,12)2(7,8)3(9,10)5(13,14)15/h1H2. The highest BCUT2D eigenvalue weighted by Gasteiger charge is 2.87. The second-order valence-electron chi connectivity index (χ2n) is 2.88. The minimum atomic E-state index is -7.34. The maximum absolute atomic E-state index is 12.5. The molecular weight excluding hydrogens is 313 g/mol. The zero-order valence-electron chi connectivity index (χ0n) is 7.77. The van der Waals surface area contributed by atoms with Crippen LogP contribution in [-0.4, -0.2) is 29.2 Å². The Labute approximate surface area is 96.5 Å². The van der Waals surface area contributed by atoms with Crippen LogP contribution in [0.25, 0.3) is 0 Å². The average Bonchev–Trinajstić information content (AvgIpc) is 2.15. The molecule has 0 unspecified atom stereocenters. The molecule has 1 radical (unpaired) electrons. The van der Waals surface area contributed by atoms with Crippen LogP contribution in [0.3, 0.4) is 0 Å². The van der Waals surface area contributed by atoms with E-state index in [0.717, 1.165) is 0 Å². The lowest BCUT2D eigenvalue weighted by Crippen LogP contribution is -2.65. The predicted octanol–water partition coefficient (Wildman–Crippen LogP) is 4.57. The molecule has 12 heteroatoms. The van der Waals surface area contributed by atoms with Gasteiger partial charge in [0.05, 0.1) is 0 Å². The molecule has 0 N–H and O–H groups in total. The summed E-state index contributed by atoms with van der Waals surface area (Å²) < 4.78 is 133. The van der Waals surface area contributed by atoms with Crippen LogP contribution in [0.15, 0.2) is 0 Å². The molecule has 0 fully saturated rings. The molecule has 0 aromatic heterocycles. The first-order valence-corrected chi connectivity index (χ1v) is 4.56. The van der Waals surface area contributed by atoms with E-state index in [1.165, 1.54) is 0 Å². The van der Waals surface area contributed by atoms with E-state index >= 15 is 0 Å². The summed E-state index contributed by atoms with van der Waals surface area (Å²) in [5.41, 5.74) is 0. The van der Waals surface area contributed by atoms with Crippen molar-refractivity contribution in [1.29, 1.82) is 0 Å². The van der Waals surface area contributed by atoms with Gasteiger partial charge >= 0.3 is 29.2 Å². The molecule has 0 heterocycles. The number of hydrogen-bond acceptors (Lipinski definition) is 1. The highest BCUT2D eigenvalue weighted by molar-refractivity contribution is 8.01. The maximum Gasteiger partial charge on any atom is 0.460 e. The van der Waals surface area contributed by atoms with Gasteiger partial charge in [0, 0.05) is 6.26 Å². The molecule has 0 aliphatic heterocycles. The fraction of sp³-hybridized carbons (Fsp3) is 0.833. The first kappa shape index (κ1) is 17.6. The largest absolute Gasteiger partial charge is 0.460 e. The van der Waals surface area contributed by atoms with Crippen LogP contribution in [0, 0.1) is 6.26 Å². The molecular formula is C6H2F11S. The Kier molecular flexibility index (Phi) is 4.20. The van der Waals surface area contributed by atoms with E-state index in [9.17, 15) is 48.3 Å². The van der Waals surface area contributed by atoms with Gasteiger partial charge in [-0.25, -0.2) is 0 Å². The molecule has 0 aromatic carbocycles. The Bertz CT molecular complexity index is 303. The van der Waals surface area contributed by atoms with Gasteiger partial charge in [0.25, 0.3) is 0 Å². The summed E-state index contributed by atoms with van der Waals surface area (Å²) in [6.07, 6.45) is -5.11. The Morgan fingerprint density at radius 3 is 1.11 bits per heavy atom. The van der Waals surface area contributed by atoms with E-state index in [2.05, 4.69) is 0 Å². The van der Waals surface area contributed by atoms with Gasteiger partial charge < -0.3 is 0 Å². The summed E-state index contributed by atoms with van der Waals surface area (Å²) in [6, 6.07) is 0. The van der Waals surface area contributed by atoms with Crippen molar-refractivity contribution >= 4 is 11.8 Å². The van der Waals surface area contributed by atoms with Crippen molar-refractivity contribution in [2.24, 2.45) is 0 Å². The monoisotopic (exact) mass is 315 g/mol. The highest BCUT2D eigenvalue weighted by Crippen LogP contribution is 2.59. The molecule has 0 saturated heterocycles. The fourth-order valence-corrected chi connectivity index (χ4v) is 0.958. The first-order chi connectivity index (χ1) is 7.56.